The number of aryl methyl sites for hydroxylation is 2. The number of carbonyl (C=O) groups excluding carboxylic acids is 1. The van der Waals surface area contributed by atoms with Crippen LogP contribution in [0.3, 0.4) is 0 Å². The number of aliphatic carboxylic acids is 1. The predicted octanol–water partition coefficient (Wildman–Crippen LogP) is 2.63. The maximum atomic E-state index is 12.4. The van der Waals surface area contributed by atoms with E-state index < -0.39 is 5.97 Å². The average Bonchev–Trinajstić information content (AvgIpc) is 2.41. The molecule has 0 bridgehead atoms. The number of carbonyl (C=O) groups is 2. The minimum atomic E-state index is -0.746. The molecule has 1 N–H and O–H groups in total. The molecule has 0 spiro atoms. The Balaban J connectivity index is 1.97. The summed E-state index contributed by atoms with van der Waals surface area (Å²) in [6.07, 6.45) is 1.78. The number of piperidine rings is 1. The molecule has 4 nitrogen and oxygen atoms in total. The Morgan fingerprint density at radius 1 is 1.20 bits per heavy atom. The molecule has 20 heavy (non-hydrogen) atoms. The fourth-order valence-corrected chi connectivity index (χ4v) is 2.64. The molecule has 1 amide bonds. The van der Waals surface area contributed by atoms with Crippen LogP contribution in [-0.4, -0.2) is 35.0 Å². The molecule has 1 fully saturated rings. The van der Waals surface area contributed by atoms with Crippen LogP contribution in [0.15, 0.2) is 18.2 Å². The quantitative estimate of drug-likeness (QED) is 0.922. The minimum Gasteiger partial charge on any atom is -0.481 e. The van der Waals surface area contributed by atoms with Gasteiger partial charge in [-0.3, -0.25) is 9.59 Å². The Hall–Kier alpha value is -1.84. The second-order valence-electron chi connectivity index (χ2n) is 5.63. The van der Waals surface area contributed by atoms with Gasteiger partial charge in [0.2, 0.25) is 0 Å². The van der Waals surface area contributed by atoms with Crippen molar-refractivity contribution in [2.45, 2.75) is 33.1 Å². The van der Waals surface area contributed by atoms with E-state index in [9.17, 15) is 9.59 Å². The van der Waals surface area contributed by atoms with Crippen LogP contribution in [0.4, 0.5) is 0 Å². The van der Waals surface area contributed by atoms with Gasteiger partial charge in [-0.15, -0.1) is 0 Å². The number of carboxylic acids is 1. The van der Waals surface area contributed by atoms with E-state index in [1.807, 2.05) is 36.9 Å². The second-order valence-corrected chi connectivity index (χ2v) is 5.63. The fourth-order valence-electron chi connectivity index (χ4n) is 2.64. The lowest BCUT2D eigenvalue weighted by Gasteiger charge is -2.31. The lowest BCUT2D eigenvalue weighted by Crippen LogP contribution is -2.38. The predicted molar refractivity (Wildman–Crippen MR) is 76.8 cm³/mol. The maximum Gasteiger partial charge on any atom is 0.303 e. The zero-order valence-electron chi connectivity index (χ0n) is 12.1. The van der Waals surface area contributed by atoms with Crippen LogP contribution in [0.5, 0.6) is 0 Å². The molecule has 0 aromatic heterocycles. The van der Waals surface area contributed by atoms with E-state index in [-0.39, 0.29) is 18.2 Å². The van der Waals surface area contributed by atoms with Crippen LogP contribution in [0, 0.1) is 19.8 Å². The van der Waals surface area contributed by atoms with Gasteiger partial charge in [-0.05, 0) is 55.9 Å². The van der Waals surface area contributed by atoms with Crippen LogP contribution in [0.2, 0.25) is 0 Å². The molecule has 0 atom stereocenters. The summed E-state index contributed by atoms with van der Waals surface area (Å²) < 4.78 is 0. The number of benzene rings is 1. The van der Waals surface area contributed by atoms with E-state index in [1.165, 1.54) is 5.56 Å². The smallest absolute Gasteiger partial charge is 0.303 e. The van der Waals surface area contributed by atoms with Crippen molar-refractivity contribution in [3.05, 3.63) is 34.9 Å². The maximum absolute atomic E-state index is 12.4. The van der Waals surface area contributed by atoms with E-state index in [1.54, 1.807) is 0 Å². The van der Waals surface area contributed by atoms with Gasteiger partial charge in [-0.25, -0.2) is 0 Å². The molecule has 2 rings (SSSR count). The third-order valence-corrected chi connectivity index (χ3v) is 4.12. The molecule has 1 aromatic carbocycles. The van der Waals surface area contributed by atoms with Crippen LogP contribution >= 0.6 is 0 Å². The third kappa shape index (κ3) is 3.38. The van der Waals surface area contributed by atoms with Gasteiger partial charge in [0.25, 0.3) is 5.91 Å². The summed E-state index contributed by atoms with van der Waals surface area (Å²) in [5, 5.41) is 8.79. The monoisotopic (exact) mass is 275 g/mol. The molecule has 108 valence electrons. The summed E-state index contributed by atoms with van der Waals surface area (Å²) in [6, 6.07) is 5.77. The zero-order chi connectivity index (χ0) is 14.7. The van der Waals surface area contributed by atoms with Crippen molar-refractivity contribution in [1.82, 2.24) is 4.90 Å². The molecule has 1 aliphatic heterocycles. The van der Waals surface area contributed by atoms with Gasteiger partial charge in [-0.2, -0.15) is 0 Å². The average molecular weight is 275 g/mol. The number of rotatable bonds is 3. The summed E-state index contributed by atoms with van der Waals surface area (Å²) in [4.78, 5) is 24.9. The van der Waals surface area contributed by atoms with Crippen molar-refractivity contribution in [3.63, 3.8) is 0 Å². The number of amides is 1. The van der Waals surface area contributed by atoms with E-state index in [4.69, 9.17) is 5.11 Å². The zero-order valence-corrected chi connectivity index (χ0v) is 12.1. The van der Waals surface area contributed by atoms with Crippen molar-refractivity contribution in [3.8, 4) is 0 Å². The van der Waals surface area contributed by atoms with E-state index in [0.717, 1.165) is 24.0 Å². The standard InChI is InChI=1S/C16H21NO3/c1-11-3-4-14(9-12(11)2)16(20)17-7-5-13(6-8-17)10-15(18)19/h3-4,9,13H,5-8,10H2,1-2H3,(H,18,19). The summed E-state index contributed by atoms with van der Waals surface area (Å²) in [5.74, 6) is -0.484. The lowest BCUT2D eigenvalue weighted by molar-refractivity contribution is -0.138. The van der Waals surface area contributed by atoms with E-state index in [2.05, 4.69) is 0 Å². The van der Waals surface area contributed by atoms with Crippen molar-refractivity contribution in [1.29, 1.82) is 0 Å². The molecular formula is C16H21NO3. The van der Waals surface area contributed by atoms with Crippen molar-refractivity contribution in [2.24, 2.45) is 5.92 Å². The van der Waals surface area contributed by atoms with Crippen LogP contribution in [0.1, 0.15) is 40.7 Å². The van der Waals surface area contributed by atoms with Crippen molar-refractivity contribution < 1.29 is 14.7 Å². The first-order chi connectivity index (χ1) is 9.47. The molecule has 1 aliphatic rings. The third-order valence-electron chi connectivity index (χ3n) is 4.12. The highest BCUT2D eigenvalue weighted by atomic mass is 16.4. The minimum absolute atomic E-state index is 0.0573. The van der Waals surface area contributed by atoms with Gasteiger partial charge in [0.15, 0.2) is 0 Å². The van der Waals surface area contributed by atoms with Gasteiger partial charge >= 0.3 is 5.97 Å². The second kappa shape index (κ2) is 6.07. The van der Waals surface area contributed by atoms with Gasteiger partial charge in [-0.1, -0.05) is 6.07 Å². The Bertz CT molecular complexity index is 516. The van der Waals surface area contributed by atoms with Gasteiger partial charge < -0.3 is 10.0 Å². The molecule has 1 saturated heterocycles. The Labute approximate surface area is 119 Å². The number of hydrogen-bond donors (Lipinski definition) is 1. The first-order valence-corrected chi connectivity index (χ1v) is 7.05. The van der Waals surface area contributed by atoms with Crippen molar-refractivity contribution in [2.75, 3.05) is 13.1 Å². The normalized spacial score (nSPS) is 16.2. The summed E-state index contributed by atoms with van der Waals surface area (Å²) in [6.45, 7) is 5.35. The van der Waals surface area contributed by atoms with Crippen molar-refractivity contribution >= 4 is 11.9 Å². The SMILES string of the molecule is Cc1ccc(C(=O)N2CCC(CC(=O)O)CC2)cc1C. The van der Waals surface area contributed by atoms with Gasteiger partial charge in [0, 0.05) is 25.1 Å². The number of carboxylic acid groups (broad SMARTS) is 1. The molecule has 0 unspecified atom stereocenters. The van der Waals surface area contributed by atoms with Gasteiger partial charge in [0.1, 0.15) is 0 Å². The number of nitrogens with zero attached hydrogens (tertiary/aromatic N) is 1. The molecule has 0 radical (unpaired) electrons. The van der Waals surface area contributed by atoms with Crippen LogP contribution in [0.25, 0.3) is 0 Å². The Kier molecular flexibility index (Phi) is 4.42. The van der Waals surface area contributed by atoms with Crippen LogP contribution < -0.4 is 0 Å². The van der Waals surface area contributed by atoms with E-state index >= 15 is 0 Å². The summed E-state index contributed by atoms with van der Waals surface area (Å²) in [7, 11) is 0. The Morgan fingerprint density at radius 2 is 1.85 bits per heavy atom. The largest absolute Gasteiger partial charge is 0.481 e. The molecule has 0 saturated carbocycles. The highest BCUT2D eigenvalue weighted by Gasteiger charge is 2.25. The molecule has 4 heteroatoms. The highest BCUT2D eigenvalue weighted by Crippen LogP contribution is 2.22. The molecule has 1 aromatic rings. The molecule has 0 aliphatic carbocycles. The molecular weight excluding hydrogens is 254 g/mol. The van der Waals surface area contributed by atoms with Crippen LogP contribution in [-0.2, 0) is 4.79 Å². The summed E-state index contributed by atoms with van der Waals surface area (Å²) >= 11 is 0. The van der Waals surface area contributed by atoms with Gasteiger partial charge in [0.05, 0.1) is 0 Å². The number of likely N-dealkylation sites (tertiary alicyclic amines) is 1. The molecule has 1 heterocycles. The van der Waals surface area contributed by atoms with E-state index in [0.29, 0.717) is 13.1 Å². The lowest BCUT2D eigenvalue weighted by atomic mass is 9.93. The summed E-state index contributed by atoms with van der Waals surface area (Å²) in [5.41, 5.74) is 3.03. The topological polar surface area (TPSA) is 57.6 Å². The Morgan fingerprint density at radius 3 is 2.40 bits per heavy atom. The first kappa shape index (κ1) is 14.6. The fraction of sp³-hybridized carbons (Fsp3) is 0.500. The first-order valence-electron chi connectivity index (χ1n) is 7.05. The highest BCUT2D eigenvalue weighted by molar-refractivity contribution is 5.94. The number of hydrogen-bond acceptors (Lipinski definition) is 2.